The van der Waals surface area contributed by atoms with Crippen LogP contribution in [0.4, 0.5) is 0 Å². The van der Waals surface area contributed by atoms with Gasteiger partial charge in [-0.05, 0) is 19.4 Å². The molecule has 20 heavy (non-hydrogen) atoms. The topological polar surface area (TPSA) is 116 Å². The lowest BCUT2D eigenvalue weighted by Crippen LogP contribution is -2.62. The molecule has 0 aromatic heterocycles. The van der Waals surface area contributed by atoms with Gasteiger partial charge in [-0.3, -0.25) is 20.2 Å². The minimum Gasteiger partial charge on any atom is -0.330 e. The second-order valence-corrected chi connectivity index (χ2v) is 5.86. The van der Waals surface area contributed by atoms with Gasteiger partial charge in [-0.2, -0.15) is 4.90 Å². The fourth-order valence-electron chi connectivity index (χ4n) is 2.18. The van der Waals surface area contributed by atoms with Crippen molar-refractivity contribution in [3.63, 3.8) is 0 Å². The third-order valence-electron chi connectivity index (χ3n) is 3.55. The summed E-state index contributed by atoms with van der Waals surface area (Å²) in [5.41, 5.74) is 2.44. The SMILES string of the molecule is CC(C)(N(CCCCCCN)C(C)(C)[N+](=O)[O-])[N+](=O)[O-]. The molecule has 0 amide bonds. The highest BCUT2D eigenvalue weighted by Gasteiger charge is 2.52. The molecule has 0 fully saturated rings. The Morgan fingerprint density at radius 3 is 1.65 bits per heavy atom. The molecule has 0 spiro atoms. The third kappa shape index (κ3) is 4.68. The van der Waals surface area contributed by atoms with Crippen molar-refractivity contribution in [1.82, 2.24) is 4.90 Å². The highest BCUT2D eigenvalue weighted by molar-refractivity contribution is 4.79. The van der Waals surface area contributed by atoms with E-state index in [0.29, 0.717) is 19.5 Å². The molecular formula is C12H26N4O4. The molecule has 0 aliphatic rings. The van der Waals surface area contributed by atoms with Crippen molar-refractivity contribution < 1.29 is 9.85 Å². The van der Waals surface area contributed by atoms with E-state index in [1.807, 2.05) is 0 Å². The van der Waals surface area contributed by atoms with Gasteiger partial charge in [0.2, 0.25) is 0 Å². The molecule has 0 unspecified atom stereocenters. The molecule has 0 atom stereocenters. The molecule has 0 aromatic carbocycles. The van der Waals surface area contributed by atoms with Crippen LogP contribution in [0.3, 0.4) is 0 Å². The molecule has 0 heterocycles. The normalized spacial score (nSPS) is 12.7. The van der Waals surface area contributed by atoms with Crippen LogP contribution in [0.2, 0.25) is 0 Å². The van der Waals surface area contributed by atoms with E-state index in [1.165, 1.54) is 32.6 Å². The van der Waals surface area contributed by atoms with Crippen molar-refractivity contribution >= 4 is 0 Å². The molecular weight excluding hydrogens is 264 g/mol. The maximum absolute atomic E-state index is 11.2. The molecule has 0 aliphatic carbocycles. The molecule has 8 heteroatoms. The number of hydrogen-bond acceptors (Lipinski definition) is 6. The summed E-state index contributed by atoms with van der Waals surface area (Å²) in [4.78, 5) is 22.8. The molecule has 0 aromatic rings. The number of hydrogen-bond donors (Lipinski definition) is 1. The van der Waals surface area contributed by atoms with Crippen LogP contribution in [0.5, 0.6) is 0 Å². The van der Waals surface area contributed by atoms with Gasteiger partial charge >= 0.3 is 0 Å². The maximum atomic E-state index is 11.2. The van der Waals surface area contributed by atoms with Gasteiger partial charge in [0.05, 0.1) is 0 Å². The van der Waals surface area contributed by atoms with Crippen LogP contribution in [-0.2, 0) is 0 Å². The summed E-state index contributed by atoms with van der Waals surface area (Å²) in [5, 5.41) is 22.4. The van der Waals surface area contributed by atoms with E-state index in [0.717, 1.165) is 19.3 Å². The highest BCUT2D eigenvalue weighted by Crippen LogP contribution is 2.27. The van der Waals surface area contributed by atoms with Gasteiger partial charge in [0.1, 0.15) is 0 Å². The van der Waals surface area contributed by atoms with Crippen molar-refractivity contribution in [3.8, 4) is 0 Å². The van der Waals surface area contributed by atoms with Gasteiger partial charge in [-0.15, -0.1) is 0 Å². The standard InChI is InChI=1S/C12H26N4O4/c1-11(2,15(17)18)14(12(3,4)16(19)20)10-8-6-5-7-9-13/h5-10,13H2,1-4H3. The lowest BCUT2D eigenvalue weighted by molar-refractivity contribution is -0.656. The van der Waals surface area contributed by atoms with Crippen molar-refractivity contribution in [2.24, 2.45) is 5.73 Å². The van der Waals surface area contributed by atoms with Crippen LogP contribution >= 0.6 is 0 Å². The molecule has 2 N–H and O–H groups in total. The van der Waals surface area contributed by atoms with Crippen LogP contribution in [-0.4, -0.2) is 39.2 Å². The quantitative estimate of drug-likeness (QED) is 0.284. The second kappa shape index (κ2) is 7.49. The smallest absolute Gasteiger partial charge is 0.277 e. The average molecular weight is 290 g/mol. The second-order valence-electron chi connectivity index (χ2n) is 5.86. The summed E-state index contributed by atoms with van der Waals surface area (Å²) in [6.07, 6.45) is 3.36. The van der Waals surface area contributed by atoms with E-state index in [4.69, 9.17) is 5.73 Å². The summed E-state index contributed by atoms with van der Waals surface area (Å²) in [7, 11) is 0. The summed E-state index contributed by atoms with van der Waals surface area (Å²) in [6, 6.07) is 0. The summed E-state index contributed by atoms with van der Waals surface area (Å²) in [5.74, 6) is 0. The van der Waals surface area contributed by atoms with Crippen LogP contribution in [0.25, 0.3) is 0 Å². The monoisotopic (exact) mass is 290 g/mol. The van der Waals surface area contributed by atoms with Gasteiger partial charge in [0.15, 0.2) is 0 Å². The van der Waals surface area contributed by atoms with E-state index < -0.39 is 21.2 Å². The zero-order chi connectivity index (χ0) is 16.0. The molecule has 0 saturated heterocycles. The largest absolute Gasteiger partial charge is 0.330 e. The fraction of sp³-hybridized carbons (Fsp3) is 1.00. The zero-order valence-electron chi connectivity index (χ0n) is 12.8. The van der Waals surface area contributed by atoms with Crippen LogP contribution in [0, 0.1) is 20.2 Å². The van der Waals surface area contributed by atoms with E-state index >= 15 is 0 Å². The highest BCUT2D eigenvalue weighted by atomic mass is 16.6. The summed E-state index contributed by atoms with van der Waals surface area (Å²) < 4.78 is 0. The molecule has 0 aliphatic heterocycles. The maximum Gasteiger partial charge on any atom is 0.277 e. The predicted octanol–water partition coefficient (Wildman–Crippen LogP) is 1.83. The van der Waals surface area contributed by atoms with E-state index in [9.17, 15) is 20.2 Å². The predicted molar refractivity (Wildman–Crippen MR) is 76.4 cm³/mol. The molecule has 0 saturated carbocycles. The van der Waals surface area contributed by atoms with Crippen LogP contribution < -0.4 is 5.73 Å². The minimum absolute atomic E-state index is 0.312. The van der Waals surface area contributed by atoms with Gasteiger partial charge in [0.25, 0.3) is 11.3 Å². The van der Waals surface area contributed by atoms with Crippen molar-refractivity contribution in [3.05, 3.63) is 20.2 Å². The van der Waals surface area contributed by atoms with Crippen LogP contribution in [0.1, 0.15) is 53.4 Å². The number of nitro groups is 2. The number of rotatable bonds is 10. The summed E-state index contributed by atoms with van der Waals surface area (Å²) in [6.45, 7) is 6.53. The Hall–Kier alpha value is -1.28. The van der Waals surface area contributed by atoms with E-state index in [1.54, 1.807) is 0 Å². The lowest BCUT2D eigenvalue weighted by atomic mass is 10.1. The Balaban J connectivity index is 4.91. The van der Waals surface area contributed by atoms with Crippen LogP contribution in [0.15, 0.2) is 0 Å². The van der Waals surface area contributed by atoms with Gasteiger partial charge < -0.3 is 5.73 Å². The first-order valence-corrected chi connectivity index (χ1v) is 6.85. The lowest BCUT2D eigenvalue weighted by Gasteiger charge is -2.37. The number of nitrogens with two attached hydrogens (primary N) is 1. The van der Waals surface area contributed by atoms with Gasteiger partial charge in [-0.25, -0.2) is 0 Å². The Morgan fingerprint density at radius 1 is 0.900 bits per heavy atom. The van der Waals surface area contributed by atoms with Crippen molar-refractivity contribution in [2.75, 3.05) is 13.1 Å². The Kier molecular flexibility index (Phi) is 7.01. The molecule has 118 valence electrons. The Bertz CT molecular complexity index is 318. The third-order valence-corrected chi connectivity index (χ3v) is 3.55. The summed E-state index contributed by atoms with van der Waals surface area (Å²) >= 11 is 0. The number of nitrogens with zero attached hydrogens (tertiary/aromatic N) is 3. The van der Waals surface area contributed by atoms with Gasteiger partial charge in [-0.1, -0.05) is 12.8 Å². The average Bonchev–Trinajstić information content (AvgIpc) is 2.32. The molecule has 0 rings (SSSR count). The Labute approximate surface area is 119 Å². The molecule has 0 radical (unpaired) electrons. The number of unbranched alkanes of at least 4 members (excludes halogenated alkanes) is 3. The Morgan fingerprint density at radius 2 is 1.30 bits per heavy atom. The van der Waals surface area contributed by atoms with Crippen molar-refractivity contribution in [2.45, 2.75) is 64.7 Å². The first-order valence-electron chi connectivity index (χ1n) is 6.85. The van der Waals surface area contributed by atoms with Crippen molar-refractivity contribution in [1.29, 1.82) is 0 Å². The molecule has 8 nitrogen and oxygen atoms in total. The minimum atomic E-state index is -1.48. The first kappa shape index (κ1) is 18.7. The first-order chi connectivity index (χ1) is 9.08. The fourth-order valence-corrected chi connectivity index (χ4v) is 2.18. The van der Waals surface area contributed by atoms with E-state index in [-0.39, 0.29) is 0 Å². The molecule has 0 bridgehead atoms. The van der Waals surface area contributed by atoms with E-state index in [2.05, 4.69) is 0 Å². The van der Waals surface area contributed by atoms with Gasteiger partial charge in [0, 0.05) is 44.1 Å². The zero-order valence-corrected chi connectivity index (χ0v) is 12.8.